The summed E-state index contributed by atoms with van der Waals surface area (Å²) >= 11 is 1.45. The van der Waals surface area contributed by atoms with Crippen LogP contribution in [0.15, 0.2) is 33.0 Å². The molecule has 3 aromatic rings. The Balaban J connectivity index is 2.23. The molecule has 0 saturated carbocycles. The van der Waals surface area contributed by atoms with Crippen LogP contribution in [0.5, 0.6) is 5.75 Å². The van der Waals surface area contributed by atoms with Gasteiger partial charge in [-0.15, -0.1) is 11.3 Å². The smallest absolute Gasteiger partial charge is 0.202 e. The number of aryl methyl sites for hydroxylation is 2. The minimum Gasteiger partial charge on any atom is -0.496 e. The molecular formula is C17H17NO3S. The molecule has 114 valence electrons. The van der Waals surface area contributed by atoms with E-state index in [4.69, 9.17) is 9.15 Å². The maximum atomic E-state index is 12.8. The highest BCUT2D eigenvalue weighted by molar-refractivity contribution is 7.13. The number of aromatic nitrogens is 1. The van der Waals surface area contributed by atoms with Gasteiger partial charge in [0.2, 0.25) is 5.43 Å². The molecule has 2 heterocycles. The second-order valence-electron chi connectivity index (χ2n) is 5.18. The van der Waals surface area contributed by atoms with Crippen LogP contribution in [-0.2, 0) is 6.42 Å². The van der Waals surface area contributed by atoms with Gasteiger partial charge in [0.15, 0.2) is 0 Å². The topological polar surface area (TPSA) is 52.3 Å². The van der Waals surface area contributed by atoms with Crippen molar-refractivity contribution in [1.29, 1.82) is 0 Å². The first-order valence-corrected chi connectivity index (χ1v) is 8.07. The van der Waals surface area contributed by atoms with Crippen LogP contribution in [0.3, 0.4) is 0 Å². The molecule has 0 amide bonds. The third-order valence-electron chi connectivity index (χ3n) is 3.54. The molecule has 0 aliphatic heterocycles. The first-order chi connectivity index (χ1) is 10.6. The van der Waals surface area contributed by atoms with E-state index in [2.05, 4.69) is 11.9 Å². The maximum Gasteiger partial charge on any atom is 0.202 e. The van der Waals surface area contributed by atoms with Crippen molar-refractivity contribution in [1.82, 2.24) is 4.98 Å². The molecule has 2 aromatic heterocycles. The molecule has 0 fully saturated rings. The summed E-state index contributed by atoms with van der Waals surface area (Å²) in [6, 6.07) is 3.67. The van der Waals surface area contributed by atoms with Crippen molar-refractivity contribution in [3.63, 3.8) is 0 Å². The van der Waals surface area contributed by atoms with Crippen LogP contribution in [0.25, 0.3) is 21.5 Å². The van der Waals surface area contributed by atoms with E-state index in [1.54, 1.807) is 13.2 Å². The molecule has 22 heavy (non-hydrogen) atoms. The number of fused-ring (bicyclic) bond motifs is 1. The second-order valence-corrected chi connectivity index (χ2v) is 6.04. The van der Waals surface area contributed by atoms with Gasteiger partial charge in [-0.25, -0.2) is 4.98 Å². The summed E-state index contributed by atoms with van der Waals surface area (Å²) in [5, 5.41) is 3.20. The summed E-state index contributed by atoms with van der Waals surface area (Å²) in [6.07, 6.45) is 3.33. The van der Waals surface area contributed by atoms with E-state index < -0.39 is 0 Å². The van der Waals surface area contributed by atoms with Crippen LogP contribution in [0.2, 0.25) is 0 Å². The van der Waals surface area contributed by atoms with E-state index in [1.807, 2.05) is 18.4 Å². The Hall–Kier alpha value is -2.14. The molecule has 5 heteroatoms. The molecule has 0 atom stereocenters. The van der Waals surface area contributed by atoms with Crippen LogP contribution >= 0.6 is 11.3 Å². The molecule has 4 nitrogen and oxygen atoms in total. The minimum absolute atomic E-state index is 0.0457. The monoisotopic (exact) mass is 315 g/mol. The van der Waals surface area contributed by atoms with Gasteiger partial charge in [0.05, 0.1) is 18.1 Å². The van der Waals surface area contributed by atoms with Crippen molar-refractivity contribution in [3.05, 3.63) is 45.3 Å². The fourth-order valence-corrected chi connectivity index (χ4v) is 3.28. The third-order valence-corrected chi connectivity index (χ3v) is 4.54. The summed E-state index contributed by atoms with van der Waals surface area (Å²) in [6.45, 7) is 4.01. The molecule has 0 saturated heterocycles. The van der Waals surface area contributed by atoms with Crippen molar-refractivity contribution >= 4 is 22.3 Å². The zero-order valence-electron chi connectivity index (χ0n) is 12.8. The summed E-state index contributed by atoms with van der Waals surface area (Å²) in [5.74, 6) is 0.760. The average Bonchev–Trinajstić information content (AvgIpc) is 2.94. The number of thiazole rings is 1. The van der Waals surface area contributed by atoms with Gasteiger partial charge in [-0.05, 0) is 25.0 Å². The predicted molar refractivity (Wildman–Crippen MR) is 88.9 cm³/mol. The maximum absolute atomic E-state index is 12.8. The van der Waals surface area contributed by atoms with Crippen molar-refractivity contribution < 1.29 is 9.15 Å². The molecule has 0 bridgehead atoms. The molecule has 0 N–H and O–H groups in total. The molecule has 0 spiro atoms. The van der Waals surface area contributed by atoms with Gasteiger partial charge in [-0.1, -0.05) is 13.3 Å². The SMILES string of the molecule is CCCc1cc2c(=O)c(-c3nc(C)cs3)coc2cc1OC. The zero-order chi connectivity index (χ0) is 15.7. The van der Waals surface area contributed by atoms with Gasteiger partial charge in [0, 0.05) is 17.1 Å². The van der Waals surface area contributed by atoms with Crippen LogP contribution in [0, 0.1) is 6.92 Å². The van der Waals surface area contributed by atoms with Gasteiger partial charge in [0.25, 0.3) is 0 Å². The van der Waals surface area contributed by atoms with Crippen LogP contribution < -0.4 is 10.2 Å². The molecule has 3 rings (SSSR count). The normalized spacial score (nSPS) is 11.0. The lowest BCUT2D eigenvalue weighted by Gasteiger charge is -2.09. The first kappa shape index (κ1) is 14.8. The number of hydrogen-bond acceptors (Lipinski definition) is 5. The molecule has 0 aliphatic rings. The standard InChI is InChI=1S/C17H17NO3S/c1-4-5-11-6-12-15(7-14(11)20-3)21-8-13(16(12)19)17-18-10(2)9-22-17/h6-9H,4-5H2,1-3H3. The zero-order valence-corrected chi connectivity index (χ0v) is 13.6. The molecular weight excluding hydrogens is 298 g/mol. The van der Waals surface area contributed by atoms with Crippen molar-refractivity contribution in [2.75, 3.05) is 7.11 Å². The van der Waals surface area contributed by atoms with Crippen molar-refractivity contribution in [3.8, 4) is 16.3 Å². The van der Waals surface area contributed by atoms with Crippen molar-refractivity contribution in [2.45, 2.75) is 26.7 Å². The molecule has 1 aromatic carbocycles. The summed E-state index contributed by atoms with van der Waals surface area (Å²) in [7, 11) is 1.63. The van der Waals surface area contributed by atoms with E-state index in [0.717, 1.165) is 29.8 Å². The Bertz CT molecular complexity index is 879. The quantitative estimate of drug-likeness (QED) is 0.724. The summed E-state index contributed by atoms with van der Waals surface area (Å²) < 4.78 is 11.0. The highest BCUT2D eigenvalue weighted by Gasteiger charge is 2.14. The van der Waals surface area contributed by atoms with E-state index in [-0.39, 0.29) is 5.43 Å². The Kier molecular flexibility index (Phi) is 3.98. The van der Waals surface area contributed by atoms with Gasteiger partial charge in [0.1, 0.15) is 22.6 Å². The Morgan fingerprint density at radius 2 is 2.18 bits per heavy atom. The van der Waals surface area contributed by atoms with E-state index in [0.29, 0.717) is 21.5 Å². The number of hydrogen-bond donors (Lipinski definition) is 0. The highest BCUT2D eigenvalue weighted by Crippen LogP contribution is 2.28. The first-order valence-electron chi connectivity index (χ1n) is 7.19. The number of methoxy groups -OCH3 is 1. The number of rotatable bonds is 4. The lowest BCUT2D eigenvalue weighted by atomic mass is 10.0. The van der Waals surface area contributed by atoms with Crippen molar-refractivity contribution in [2.24, 2.45) is 0 Å². The van der Waals surface area contributed by atoms with Crippen LogP contribution in [-0.4, -0.2) is 12.1 Å². The molecule has 0 unspecified atom stereocenters. The third kappa shape index (κ3) is 2.52. The Morgan fingerprint density at radius 3 is 2.82 bits per heavy atom. The largest absolute Gasteiger partial charge is 0.496 e. The minimum atomic E-state index is -0.0457. The van der Waals surface area contributed by atoms with Gasteiger partial charge < -0.3 is 9.15 Å². The second kappa shape index (κ2) is 5.93. The Labute approximate surface area is 132 Å². The average molecular weight is 315 g/mol. The number of nitrogens with zero attached hydrogens (tertiary/aromatic N) is 1. The van der Waals surface area contributed by atoms with Crippen LogP contribution in [0.1, 0.15) is 24.6 Å². The summed E-state index contributed by atoms with van der Waals surface area (Å²) in [5.41, 5.74) is 2.94. The Morgan fingerprint density at radius 1 is 1.36 bits per heavy atom. The lowest BCUT2D eigenvalue weighted by molar-refractivity contribution is 0.409. The molecule has 0 radical (unpaired) electrons. The van der Waals surface area contributed by atoms with Crippen LogP contribution in [0.4, 0.5) is 0 Å². The van der Waals surface area contributed by atoms with Gasteiger partial charge >= 0.3 is 0 Å². The lowest BCUT2D eigenvalue weighted by Crippen LogP contribution is -2.06. The van der Waals surface area contributed by atoms with E-state index in [9.17, 15) is 4.79 Å². The fraction of sp³-hybridized carbons (Fsp3) is 0.294. The van der Waals surface area contributed by atoms with Gasteiger partial charge in [-0.2, -0.15) is 0 Å². The van der Waals surface area contributed by atoms with E-state index >= 15 is 0 Å². The predicted octanol–water partition coefficient (Wildman–Crippen LogP) is 4.19. The fourth-order valence-electron chi connectivity index (χ4n) is 2.48. The van der Waals surface area contributed by atoms with Gasteiger partial charge in [-0.3, -0.25) is 4.79 Å². The highest BCUT2D eigenvalue weighted by atomic mass is 32.1. The number of benzene rings is 1. The molecule has 0 aliphatic carbocycles. The number of ether oxygens (including phenoxy) is 1. The summed E-state index contributed by atoms with van der Waals surface area (Å²) in [4.78, 5) is 17.1. The van der Waals surface area contributed by atoms with E-state index in [1.165, 1.54) is 17.6 Å².